The fourth-order valence-corrected chi connectivity index (χ4v) is 3.07. The third kappa shape index (κ3) is 4.92. The Morgan fingerprint density at radius 1 is 1.21 bits per heavy atom. The zero-order chi connectivity index (χ0) is 14.3. The molecule has 0 aliphatic carbocycles. The summed E-state index contributed by atoms with van der Waals surface area (Å²) in [6, 6.07) is 0. The molecular weight excluding hydrogens is 304 g/mol. The van der Waals surface area contributed by atoms with Crippen molar-refractivity contribution in [2.45, 2.75) is 78.4 Å². The van der Waals surface area contributed by atoms with Gasteiger partial charge in [-0.3, -0.25) is 4.68 Å². The van der Waals surface area contributed by atoms with Crippen LogP contribution in [0.15, 0.2) is 4.47 Å². The first-order valence-corrected chi connectivity index (χ1v) is 8.35. The lowest BCUT2D eigenvalue weighted by Crippen LogP contribution is -2.14. The SMILES string of the molecule is CCCCCCC(O)Cc1c(Br)c(CC)nn1CC. The molecule has 1 unspecified atom stereocenters. The number of aromatic nitrogens is 2. The summed E-state index contributed by atoms with van der Waals surface area (Å²) >= 11 is 3.63. The molecule has 0 bridgehead atoms. The van der Waals surface area contributed by atoms with Crippen molar-refractivity contribution in [2.24, 2.45) is 0 Å². The Kier molecular flexibility index (Phi) is 7.69. The Labute approximate surface area is 125 Å². The maximum absolute atomic E-state index is 10.2. The molecule has 4 heteroatoms. The maximum Gasteiger partial charge on any atom is 0.0766 e. The average molecular weight is 331 g/mol. The van der Waals surface area contributed by atoms with Gasteiger partial charge < -0.3 is 5.11 Å². The molecule has 110 valence electrons. The summed E-state index contributed by atoms with van der Waals surface area (Å²) in [4.78, 5) is 0. The van der Waals surface area contributed by atoms with Crippen LogP contribution in [-0.4, -0.2) is 21.0 Å². The molecule has 3 nitrogen and oxygen atoms in total. The highest BCUT2D eigenvalue weighted by Crippen LogP contribution is 2.24. The first-order chi connectivity index (χ1) is 9.13. The van der Waals surface area contributed by atoms with Gasteiger partial charge in [0.25, 0.3) is 0 Å². The van der Waals surface area contributed by atoms with Crippen LogP contribution in [0.3, 0.4) is 0 Å². The van der Waals surface area contributed by atoms with Gasteiger partial charge in [0.2, 0.25) is 0 Å². The van der Waals surface area contributed by atoms with E-state index in [4.69, 9.17) is 0 Å². The minimum Gasteiger partial charge on any atom is -0.393 e. The second kappa shape index (κ2) is 8.75. The van der Waals surface area contributed by atoms with Crippen LogP contribution in [0.2, 0.25) is 0 Å². The second-order valence-electron chi connectivity index (χ2n) is 5.08. The van der Waals surface area contributed by atoms with Gasteiger partial charge in [0.1, 0.15) is 0 Å². The first-order valence-electron chi connectivity index (χ1n) is 7.56. The zero-order valence-electron chi connectivity index (χ0n) is 12.5. The number of aliphatic hydroxyl groups is 1. The summed E-state index contributed by atoms with van der Waals surface area (Å²) in [7, 11) is 0. The molecule has 0 saturated carbocycles. The molecule has 0 aromatic carbocycles. The topological polar surface area (TPSA) is 38.1 Å². The van der Waals surface area contributed by atoms with Crippen molar-refractivity contribution in [3.8, 4) is 0 Å². The van der Waals surface area contributed by atoms with E-state index in [-0.39, 0.29) is 6.10 Å². The number of halogens is 1. The number of unbranched alkanes of at least 4 members (excludes halogenated alkanes) is 3. The molecule has 1 atom stereocenters. The predicted octanol–water partition coefficient (Wildman–Crippen LogP) is 4.10. The van der Waals surface area contributed by atoms with Crippen molar-refractivity contribution in [3.05, 3.63) is 15.9 Å². The van der Waals surface area contributed by atoms with Gasteiger partial charge in [0, 0.05) is 13.0 Å². The molecule has 0 aliphatic rings. The highest BCUT2D eigenvalue weighted by Gasteiger charge is 2.16. The highest BCUT2D eigenvalue weighted by molar-refractivity contribution is 9.10. The summed E-state index contributed by atoms with van der Waals surface area (Å²) in [5, 5.41) is 14.7. The number of rotatable bonds is 9. The van der Waals surface area contributed by atoms with Crippen LogP contribution in [0.4, 0.5) is 0 Å². The predicted molar refractivity (Wildman–Crippen MR) is 83.4 cm³/mol. The number of nitrogens with zero attached hydrogens (tertiary/aromatic N) is 2. The lowest BCUT2D eigenvalue weighted by Gasteiger charge is -2.12. The van der Waals surface area contributed by atoms with Gasteiger partial charge in [-0.1, -0.05) is 39.5 Å². The van der Waals surface area contributed by atoms with Crippen molar-refractivity contribution in [3.63, 3.8) is 0 Å². The van der Waals surface area contributed by atoms with E-state index in [2.05, 4.69) is 41.8 Å². The first kappa shape index (κ1) is 16.7. The van der Waals surface area contributed by atoms with Gasteiger partial charge in [-0.2, -0.15) is 5.10 Å². The highest BCUT2D eigenvalue weighted by atomic mass is 79.9. The fourth-order valence-electron chi connectivity index (χ4n) is 2.34. The van der Waals surface area contributed by atoms with E-state index in [9.17, 15) is 5.11 Å². The molecule has 0 radical (unpaired) electrons. The standard InChI is InChI=1S/C15H27BrN2O/c1-4-7-8-9-10-12(19)11-14-15(16)13(5-2)17-18(14)6-3/h12,19H,4-11H2,1-3H3. The molecule has 0 fully saturated rings. The Bertz CT molecular complexity index is 376. The van der Waals surface area contributed by atoms with E-state index in [1.54, 1.807) is 0 Å². The molecule has 0 aliphatic heterocycles. The van der Waals surface area contributed by atoms with Crippen molar-refractivity contribution >= 4 is 15.9 Å². The quantitative estimate of drug-likeness (QED) is 0.692. The van der Waals surface area contributed by atoms with E-state index < -0.39 is 0 Å². The van der Waals surface area contributed by atoms with E-state index >= 15 is 0 Å². The molecule has 1 aromatic rings. The van der Waals surface area contributed by atoms with Gasteiger partial charge in [-0.25, -0.2) is 0 Å². The van der Waals surface area contributed by atoms with Crippen LogP contribution in [0, 0.1) is 0 Å². The van der Waals surface area contributed by atoms with Crippen molar-refractivity contribution in [1.82, 2.24) is 9.78 Å². The van der Waals surface area contributed by atoms with Crippen LogP contribution in [-0.2, 0) is 19.4 Å². The summed E-state index contributed by atoms with van der Waals surface area (Å²) < 4.78 is 3.10. The number of aliphatic hydroxyl groups excluding tert-OH is 1. The Morgan fingerprint density at radius 3 is 2.53 bits per heavy atom. The van der Waals surface area contributed by atoms with Crippen LogP contribution in [0.1, 0.15) is 64.3 Å². The zero-order valence-corrected chi connectivity index (χ0v) is 14.0. The molecular formula is C15H27BrN2O. The summed E-state index contributed by atoms with van der Waals surface area (Å²) in [5.74, 6) is 0. The maximum atomic E-state index is 10.2. The van der Waals surface area contributed by atoms with Gasteiger partial charge in [-0.05, 0) is 35.7 Å². The van der Waals surface area contributed by atoms with Gasteiger partial charge in [-0.15, -0.1) is 0 Å². The summed E-state index contributed by atoms with van der Waals surface area (Å²) in [6.45, 7) is 7.27. The number of hydrogen-bond acceptors (Lipinski definition) is 2. The molecule has 1 heterocycles. The van der Waals surface area contributed by atoms with Crippen LogP contribution < -0.4 is 0 Å². The normalized spacial score (nSPS) is 12.9. The largest absolute Gasteiger partial charge is 0.393 e. The number of aryl methyl sites for hydroxylation is 2. The molecule has 1 N–H and O–H groups in total. The summed E-state index contributed by atoms with van der Waals surface area (Å²) in [5.41, 5.74) is 2.23. The lowest BCUT2D eigenvalue weighted by molar-refractivity contribution is 0.158. The van der Waals surface area contributed by atoms with Crippen molar-refractivity contribution in [2.75, 3.05) is 0 Å². The van der Waals surface area contributed by atoms with Gasteiger partial charge >= 0.3 is 0 Å². The Hall–Kier alpha value is -0.350. The molecule has 1 aromatic heterocycles. The van der Waals surface area contributed by atoms with Crippen LogP contribution in [0.5, 0.6) is 0 Å². The minimum absolute atomic E-state index is 0.250. The molecule has 0 spiro atoms. The Balaban J connectivity index is 2.57. The van der Waals surface area contributed by atoms with E-state index in [1.165, 1.54) is 19.3 Å². The second-order valence-corrected chi connectivity index (χ2v) is 5.88. The molecule has 19 heavy (non-hydrogen) atoms. The number of hydrogen-bond donors (Lipinski definition) is 1. The molecule has 0 saturated heterocycles. The third-order valence-electron chi connectivity index (χ3n) is 3.51. The van der Waals surface area contributed by atoms with E-state index in [0.29, 0.717) is 6.42 Å². The smallest absolute Gasteiger partial charge is 0.0766 e. The third-order valence-corrected chi connectivity index (χ3v) is 4.43. The summed E-state index contributed by atoms with van der Waals surface area (Å²) in [6.07, 6.45) is 7.12. The van der Waals surface area contributed by atoms with Crippen molar-refractivity contribution < 1.29 is 5.11 Å². The molecule has 1 rings (SSSR count). The fraction of sp³-hybridized carbons (Fsp3) is 0.800. The van der Waals surface area contributed by atoms with Gasteiger partial charge in [0.05, 0.1) is 22.0 Å². The van der Waals surface area contributed by atoms with Gasteiger partial charge in [0.15, 0.2) is 0 Å². The van der Waals surface area contributed by atoms with E-state index in [0.717, 1.165) is 41.7 Å². The lowest BCUT2D eigenvalue weighted by atomic mass is 10.1. The average Bonchev–Trinajstić information content (AvgIpc) is 2.71. The van der Waals surface area contributed by atoms with Crippen molar-refractivity contribution in [1.29, 1.82) is 0 Å². The Morgan fingerprint density at radius 2 is 1.95 bits per heavy atom. The molecule has 0 amide bonds. The monoisotopic (exact) mass is 330 g/mol. The van der Waals surface area contributed by atoms with E-state index in [1.807, 2.05) is 4.68 Å². The van der Waals surface area contributed by atoms with Crippen LogP contribution >= 0.6 is 15.9 Å². The minimum atomic E-state index is -0.250. The van der Waals surface area contributed by atoms with Crippen LogP contribution in [0.25, 0.3) is 0 Å².